The Bertz CT molecular complexity index is 1010. The monoisotopic (exact) mass is 375 g/mol. The average molecular weight is 375 g/mol. The number of pyridine rings is 1. The molecule has 1 atom stereocenters. The Kier molecular flexibility index (Phi) is 4.77. The molecule has 5 heteroatoms. The van der Waals surface area contributed by atoms with Crippen molar-refractivity contribution in [3.05, 3.63) is 65.9 Å². The Labute approximate surface area is 164 Å². The van der Waals surface area contributed by atoms with Gasteiger partial charge in [-0.2, -0.15) is 0 Å². The second-order valence-electron chi connectivity index (χ2n) is 8.14. The number of rotatable bonds is 7. The van der Waals surface area contributed by atoms with Crippen molar-refractivity contribution in [2.24, 2.45) is 17.1 Å². The molecule has 144 valence electrons. The molecule has 1 fully saturated rings. The van der Waals surface area contributed by atoms with Gasteiger partial charge in [0.25, 0.3) is 0 Å². The number of carbonyl (C=O) groups excluding carboxylic acids is 1. The summed E-state index contributed by atoms with van der Waals surface area (Å²) >= 11 is 0. The predicted molar refractivity (Wildman–Crippen MR) is 110 cm³/mol. The van der Waals surface area contributed by atoms with E-state index in [0.29, 0.717) is 16.9 Å². The molecule has 5 nitrogen and oxygen atoms in total. The summed E-state index contributed by atoms with van der Waals surface area (Å²) in [7, 11) is 0. The van der Waals surface area contributed by atoms with Crippen LogP contribution in [0.3, 0.4) is 0 Å². The highest BCUT2D eigenvalue weighted by atomic mass is 16.5. The van der Waals surface area contributed by atoms with Gasteiger partial charge < -0.3 is 15.8 Å². The van der Waals surface area contributed by atoms with Gasteiger partial charge in [-0.05, 0) is 47.4 Å². The quantitative estimate of drug-likeness (QED) is 0.647. The zero-order valence-corrected chi connectivity index (χ0v) is 16.2. The Morgan fingerprint density at radius 1 is 1.18 bits per heavy atom. The second kappa shape index (κ2) is 7.24. The normalized spacial score (nSPS) is 17.4. The minimum absolute atomic E-state index is 0.359. The lowest BCUT2D eigenvalue weighted by molar-refractivity contribution is 0.1000. The van der Waals surface area contributed by atoms with Crippen molar-refractivity contribution in [3.63, 3.8) is 0 Å². The van der Waals surface area contributed by atoms with E-state index in [-0.39, 0.29) is 0 Å². The average Bonchev–Trinajstić information content (AvgIpc) is 3.30. The molecule has 1 aromatic heterocycles. The predicted octanol–water partition coefficient (Wildman–Crippen LogP) is 4.26. The lowest BCUT2D eigenvalue weighted by Crippen LogP contribution is -2.18. The first kappa shape index (κ1) is 18.4. The number of nitrogens with one attached hydrogen (secondary N) is 1. The van der Waals surface area contributed by atoms with E-state index >= 15 is 0 Å². The zero-order chi connectivity index (χ0) is 19.7. The Balaban J connectivity index is 1.52. The van der Waals surface area contributed by atoms with Crippen molar-refractivity contribution < 1.29 is 9.53 Å². The third-order valence-corrected chi connectivity index (χ3v) is 5.63. The van der Waals surface area contributed by atoms with Crippen LogP contribution in [-0.2, 0) is 6.54 Å². The molecule has 0 radical (unpaired) electrons. The summed E-state index contributed by atoms with van der Waals surface area (Å²) in [6.07, 6.45) is 2.73. The van der Waals surface area contributed by atoms with Crippen molar-refractivity contribution >= 4 is 16.7 Å². The highest BCUT2D eigenvalue weighted by molar-refractivity contribution is 5.92. The van der Waals surface area contributed by atoms with Crippen molar-refractivity contribution in [2.45, 2.75) is 26.8 Å². The number of nitrogens with zero attached hydrogens (tertiary/aromatic N) is 1. The van der Waals surface area contributed by atoms with Gasteiger partial charge in [0.1, 0.15) is 5.75 Å². The minimum atomic E-state index is -0.504. The number of amides is 1. The van der Waals surface area contributed by atoms with Crippen molar-refractivity contribution in [1.29, 1.82) is 0 Å². The molecule has 1 aliphatic rings. The number of nitrogens with two attached hydrogens (primary N) is 1. The maximum atomic E-state index is 11.2. The Morgan fingerprint density at radius 2 is 1.93 bits per heavy atom. The lowest BCUT2D eigenvalue weighted by Gasteiger charge is -2.13. The van der Waals surface area contributed by atoms with Crippen LogP contribution in [0, 0.1) is 11.3 Å². The van der Waals surface area contributed by atoms with E-state index in [9.17, 15) is 4.79 Å². The minimum Gasteiger partial charge on any atom is -0.438 e. The van der Waals surface area contributed by atoms with Crippen LogP contribution in [-0.4, -0.2) is 17.4 Å². The Hall–Kier alpha value is -2.92. The number of benzene rings is 2. The SMILES string of the molecule is CC1(C)CC1CNCc1ccc(Oc2ccc(C(N)=O)cn2)c2ccccc12. The van der Waals surface area contributed by atoms with E-state index in [2.05, 4.69) is 42.3 Å². The van der Waals surface area contributed by atoms with Crippen LogP contribution in [0.15, 0.2) is 54.7 Å². The van der Waals surface area contributed by atoms with Gasteiger partial charge in [-0.1, -0.05) is 44.2 Å². The number of hydrogen-bond donors (Lipinski definition) is 2. The van der Waals surface area contributed by atoms with Gasteiger partial charge in [-0.3, -0.25) is 4.79 Å². The number of fused-ring (bicyclic) bond motifs is 1. The van der Waals surface area contributed by atoms with Crippen LogP contribution in [0.2, 0.25) is 0 Å². The van der Waals surface area contributed by atoms with Gasteiger partial charge in [-0.25, -0.2) is 4.98 Å². The molecule has 1 aliphatic carbocycles. The fraction of sp³-hybridized carbons (Fsp3) is 0.304. The molecule has 1 amide bonds. The zero-order valence-electron chi connectivity index (χ0n) is 16.2. The van der Waals surface area contributed by atoms with E-state index in [1.807, 2.05) is 18.2 Å². The maximum Gasteiger partial charge on any atom is 0.250 e. The number of hydrogen-bond acceptors (Lipinski definition) is 4. The molecule has 1 saturated carbocycles. The summed E-state index contributed by atoms with van der Waals surface area (Å²) in [6.45, 7) is 6.53. The summed E-state index contributed by atoms with van der Waals surface area (Å²) in [4.78, 5) is 15.4. The number of aromatic nitrogens is 1. The van der Waals surface area contributed by atoms with Gasteiger partial charge in [-0.15, -0.1) is 0 Å². The van der Waals surface area contributed by atoms with Crippen molar-refractivity contribution in [2.75, 3.05) is 6.54 Å². The molecular weight excluding hydrogens is 350 g/mol. The smallest absolute Gasteiger partial charge is 0.250 e. The van der Waals surface area contributed by atoms with Crippen LogP contribution in [0.25, 0.3) is 10.8 Å². The molecule has 1 heterocycles. The molecule has 0 spiro atoms. The highest BCUT2D eigenvalue weighted by Gasteiger charge is 2.44. The van der Waals surface area contributed by atoms with E-state index < -0.39 is 5.91 Å². The molecule has 4 rings (SSSR count). The van der Waals surface area contributed by atoms with Crippen LogP contribution in [0.1, 0.15) is 36.2 Å². The van der Waals surface area contributed by atoms with Gasteiger partial charge >= 0.3 is 0 Å². The molecular formula is C23H25N3O2. The molecule has 1 unspecified atom stereocenters. The van der Waals surface area contributed by atoms with Crippen molar-refractivity contribution in [1.82, 2.24) is 10.3 Å². The number of carbonyl (C=O) groups is 1. The van der Waals surface area contributed by atoms with Crippen LogP contribution < -0.4 is 15.8 Å². The van der Waals surface area contributed by atoms with Gasteiger partial charge in [0.05, 0.1) is 5.56 Å². The standard InChI is InChI=1S/C23H25N3O2/c1-23(2)11-17(23)14-25-12-15-7-9-20(19-6-4-3-5-18(15)19)28-21-10-8-16(13-26-21)22(24)27/h3-10,13,17,25H,11-12,14H2,1-2H3,(H2,24,27). The topological polar surface area (TPSA) is 77.2 Å². The fourth-order valence-corrected chi connectivity index (χ4v) is 3.58. The molecule has 0 aliphatic heterocycles. The maximum absolute atomic E-state index is 11.2. The summed E-state index contributed by atoms with van der Waals surface area (Å²) in [6, 6.07) is 15.6. The highest BCUT2D eigenvalue weighted by Crippen LogP contribution is 2.51. The first-order valence-electron chi connectivity index (χ1n) is 9.59. The van der Waals surface area contributed by atoms with Gasteiger partial charge in [0.2, 0.25) is 11.8 Å². The molecule has 28 heavy (non-hydrogen) atoms. The largest absolute Gasteiger partial charge is 0.438 e. The number of primary amides is 1. The van der Waals surface area contributed by atoms with Crippen LogP contribution >= 0.6 is 0 Å². The first-order valence-corrected chi connectivity index (χ1v) is 9.59. The summed E-state index contributed by atoms with van der Waals surface area (Å²) in [5, 5.41) is 5.80. The Morgan fingerprint density at radius 3 is 2.57 bits per heavy atom. The van der Waals surface area contributed by atoms with E-state index in [1.165, 1.54) is 18.2 Å². The van der Waals surface area contributed by atoms with Crippen molar-refractivity contribution in [3.8, 4) is 11.6 Å². The first-order chi connectivity index (χ1) is 13.4. The molecule has 0 bridgehead atoms. The molecule has 0 saturated heterocycles. The van der Waals surface area contributed by atoms with E-state index in [0.717, 1.165) is 35.5 Å². The summed E-state index contributed by atoms with van der Waals surface area (Å²) in [5.74, 6) is 1.44. The third kappa shape index (κ3) is 3.85. The molecule has 2 aromatic carbocycles. The summed E-state index contributed by atoms with van der Waals surface area (Å²) in [5.41, 5.74) is 7.36. The van der Waals surface area contributed by atoms with E-state index in [4.69, 9.17) is 10.5 Å². The van der Waals surface area contributed by atoms with Gasteiger partial charge in [0.15, 0.2) is 0 Å². The number of ether oxygens (including phenoxy) is 1. The summed E-state index contributed by atoms with van der Waals surface area (Å²) < 4.78 is 5.98. The molecule has 3 N–H and O–H groups in total. The molecule has 3 aromatic rings. The van der Waals surface area contributed by atoms with Gasteiger partial charge in [0, 0.05) is 24.2 Å². The van der Waals surface area contributed by atoms with Crippen LogP contribution in [0.4, 0.5) is 0 Å². The van der Waals surface area contributed by atoms with Crippen LogP contribution in [0.5, 0.6) is 11.6 Å². The third-order valence-electron chi connectivity index (χ3n) is 5.63. The fourth-order valence-electron chi connectivity index (χ4n) is 3.58. The van der Waals surface area contributed by atoms with E-state index in [1.54, 1.807) is 12.1 Å². The lowest BCUT2D eigenvalue weighted by atomic mass is 10.0. The second-order valence-corrected chi connectivity index (χ2v) is 8.14.